The molecule has 0 unspecified atom stereocenters. The van der Waals surface area contributed by atoms with Crippen molar-refractivity contribution in [1.82, 2.24) is 20.5 Å². The lowest BCUT2D eigenvalue weighted by molar-refractivity contribution is -0.0253. The predicted octanol–water partition coefficient (Wildman–Crippen LogP) is -0.931. The van der Waals surface area contributed by atoms with Crippen molar-refractivity contribution in [2.45, 2.75) is 39.0 Å². The largest absolute Gasteiger partial charge is 0.341 e. The molecule has 0 spiro atoms. The van der Waals surface area contributed by atoms with Gasteiger partial charge in [0.15, 0.2) is 0 Å². The van der Waals surface area contributed by atoms with Crippen LogP contribution in [0.2, 0.25) is 0 Å². The average molecular weight is 232 g/mol. The topological polar surface area (TPSA) is 39.3 Å². The first-order valence-electron chi connectivity index (χ1n) is 5.68. The van der Waals surface area contributed by atoms with Gasteiger partial charge in [0.05, 0.1) is 10.4 Å². The number of hydrogen-bond acceptors (Lipinski definition) is 4. The third-order valence-electron chi connectivity index (χ3n) is 2.85. The second kappa shape index (κ2) is 5.96. The van der Waals surface area contributed by atoms with Crippen LogP contribution in [0.1, 0.15) is 27.7 Å². The SMILES string of the molecule is CCN(C(C)(C)C)C(CN[SiH3])(NC)NC. The van der Waals surface area contributed by atoms with E-state index in [2.05, 4.69) is 48.2 Å². The van der Waals surface area contributed by atoms with Gasteiger partial charge in [0, 0.05) is 12.1 Å². The maximum absolute atomic E-state index is 3.40. The van der Waals surface area contributed by atoms with Gasteiger partial charge in [-0.1, -0.05) is 6.92 Å². The highest BCUT2D eigenvalue weighted by molar-refractivity contribution is 6.04. The Bertz CT molecular complexity index is 175. The third-order valence-corrected chi connectivity index (χ3v) is 3.20. The van der Waals surface area contributed by atoms with Gasteiger partial charge < -0.3 is 4.98 Å². The van der Waals surface area contributed by atoms with Crippen LogP contribution in [0.15, 0.2) is 0 Å². The summed E-state index contributed by atoms with van der Waals surface area (Å²) in [4.78, 5) is 5.80. The standard InChI is InChI=1S/C10H28N4Si/c1-7-14(9(2,3)4)10(11-5,12-6)8-13-15/h11-13H,7-8H2,1-6,15H3. The highest BCUT2D eigenvalue weighted by Gasteiger charge is 2.38. The van der Waals surface area contributed by atoms with E-state index in [1.807, 2.05) is 14.1 Å². The van der Waals surface area contributed by atoms with Crippen LogP contribution in [-0.2, 0) is 0 Å². The lowest BCUT2D eigenvalue weighted by atomic mass is 10.0. The van der Waals surface area contributed by atoms with E-state index in [1.165, 1.54) is 0 Å². The lowest BCUT2D eigenvalue weighted by Gasteiger charge is -2.50. The van der Waals surface area contributed by atoms with Crippen molar-refractivity contribution in [1.29, 1.82) is 0 Å². The molecule has 0 amide bonds. The third kappa shape index (κ3) is 3.53. The molecule has 0 heterocycles. The minimum Gasteiger partial charge on any atom is -0.341 e. The number of hydrogen-bond donors (Lipinski definition) is 3. The minimum absolute atomic E-state index is 0.138. The van der Waals surface area contributed by atoms with Crippen LogP contribution in [0.3, 0.4) is 0 Å². The fourth-order valence-electron chi connectivity index (χ4n) is 2.24. The van der Waals surface area contributed by atoms with Crippen molar-refractivity contribution in [2.24, 2.45) is 0 Å². The van der Waals surface area contributed by atoms with Gasteiger partial charge in [0.1, 0.15) is 5.79 Å². The Balaban J connectivity index is 5.00. The number of nitrogens with one attached hydrogen (secondary N) is 3. The zero-order valence-corrected chi connectivity index (χ0v) is 13.4. The molecule has 0 rings (SSSR count). The van der Waals surface area contributed by atoms with Crippen LogP contribution in [-0.4, -0.2) is 53.8 Å². The second-order valence-corrected chi connectivity index (χ2v) is 5.51. The van der Waals surface area contributed by atoms with Crippen molar-refractivity contribution in [3.8, 4) is 0 Å². The molecule has 0 aromatic carbocycles. The van der Waals surface area contributed by atoms with Crippen LogP contribution < -0.4 is 15.6 Å². The van der Waals surface area contributed by atoms with Gasteiger partial charge in [-0.25, -0.2) is 0 Å². The molecule has 3 N–H and O–H groups in total. The molecule has 0 aliphatic heterocycles. The van der Waals surface area contributed by atoms with Gasteiger partial charge >= 0.3 is 0 Å². The Morgan fingerprint density at radius 2 is 1.60 bits per heavy atom. The van der Waals surface area contributed by atoms with Crippen LogP contribution in [0, 0.1) is 0 Å². The van der Waals surface area contributed by atoms with Crippen LogP contribution in [0.4, 0.5) is 0 Å². The number of likely N-dealkylation sites (N-methyl/N-ethyl adjacent to an activating group) is 3. The second-order valence-electron chi connectivity index (χ2n) is 4.81. The van der Waals surface area contributed by atoms with E-state index in [4.69, 9.17) is 0 Å². The fraction of sp³-hybridized carbons (Fsp3) is 1.00. The molecular formula is C10H28N4Si. The summed E-state index contributed by atoms with van der Waals surface area (Å²) in [5.41, 5.74) is 0.138. The Kier molecular flexibility index (Phi) is 5.98. The van der Waals surface area contributed by atoms with Crippen LogP contribution in [0.25, 0.3) is 0 Å². The monoisotopic (exact) mass is 232 g/mol. The van der Waals surface area contributed by atoms with E-state index in [1.54, 1.807) is 0 Å². The number of rotatable bonds is 6. The maximum Gasteiger partial charge on any atom is 0.138 e. The van der Waals surface area contributed by atoms with Crippen molar-refractivity contribution < 1.29 is 0 Å². The summed E-state index contributed by atoms with van der Waals surface area (Å²) in [6.07, 6.45) is 0. The van der Waals surface area contributed by atoms with E-state index < -0.39 is 0 Å². The molecule has 92 valence electrons. The van der Waals surface area contributed by atoms with Crippen molar-refractivity contribution in [3.63, 3.8) is 0 Å². The van der Waals surface area contributed by atoms with Gasteiger partial charge in [0.25, 0.3) is 0 Å². The number of nitrogens with zero attached hydrogens (tertiary/aromatic N) is 1. The molecule has 15 heavy (non-hydrogen) atoms. The Labute approximate surface area is 97.7 Å². The summed E-state index contributed by atoms with van der Waals surface area (Å²) in [6.45, 7) is 10.8. The normalized spacial score (nSPS) is 13.8. The van der Waals surface area contributed by atoms with E-state index in [0.717, 1.165) is 23.5 Å². The van der Waals surface area contributed by atoms with E-state index in [-0.39, 0.29) is 11.3 Å². The molecule has 0 aliphatic carbocycles. The molecule has 0 atom stereocenters. The summed E-state index contributed by atoms with van der Waals surface area (Å²) in [5, 5.41) is 6.80. The van der Waals surface area contributed by atoms with Gasteiger partial charge in [-0.3, -0.25) is 15.5 Å². The van der Waals surface area contributed by atoms with E-state index in [0.29, 0.717) is 0 Å². The molecule has 0 saturated heterocycles. The quantitative estimate of drug-likeness (QED) is 0.409. The van der Waals surface area contributed by atoms with Crippen molar-refractivity contribution in [2.75, 3.05) is 27.2 Å². The maximum atomic E-state index is 3.40. The van der Waals surface area contributed by atoms with Gasteiger partial charge in [-0.2, -0.15) is 0 Å². The summed E-state index contributed by atoms with van der Waals surface area (Å²) in [5.74, 6) is -0.158. The van der Waals surface area contributed by atoms with Gasteiger partial charge in [0.2, 0.25) is 0 Å². The molecule has 0 aliphatic rings. The van der Waals surface area contributed by atoms with Gasteiger partial charge in [-0.05, 0) is 41.4 Å². The molecule has 0 saturated carbocycles. The Hall–Kier alpha value is 0.0569. The van der Waals surface area contributed by atoms with Crippen molar-refractivity contribution in [3.05, 3.63) is 0 Å². The highest BCUT2D eigenvalue weighted by Crippen LogP contribution is 2.20. The highest BCUT2D eigenvalue weighted by atomic mass is 28.2. The molecular weight excluding hydrogens is 204 g/mol. The summed E-state index contributed by atoms with van der Waals surface area (Å²) in [7, 11) is 5.02. The summed E-state index contributed by atoms with van der Waals surface area (Å²) in [6, 6.07) is 0. The smallest absolute Gasteiger partial charge is 0.138 e. The summed E-state index contributed by atoms with van der Waals surface area (Å²) >= 11 is 0. The molecule has 0 fully saturated rings. The molecule has 5 heteroatoms. The molecule has 0 bridgehead atoms. The summed E-state index contributed by atoms with van der Waals surface area (Å²) < 4.78 is 0. The predicted molar refractivity (Wildman–Crippen MR) is 70.9 cm³/mol. The van der Waals surface area contributed by atoms with E-state index >= 15 is 0 Å². The molecule has 0 radical (unpaired) electrons. The minimum atomic E-state index is -0.158. The van der Waals surface area contributed by atoms with Crippen molar-refractivity contribution >= 4 is 10.4 Å². The van der Waals surface area contributed by atoms with Crippen LogP contribution in [0.5, 0.6) is 0 Å². The first-order chi connectivity index (χ1) is 6.87. The molecule has 0 aromatic rings. The molecule has 0 aromatic heterocycles. The van der Waals surface area contributed by atoms with E-state index in [9.17, 15) is 0 Å². The first-order valence-corrected chi connectivity index (χ1v) is 6.68. The average Bonchev–Trinajstić information content (AvgIpc) is 2.15. The zero-order chi connectivity index (χ0) is 12.1. The zero-order valence-electron chi connectivity index (χ0n) is 11.4. The lowest BCUT2D eigenvalue weighted by Crippen LogP contribution is -2.73. The first kappa shape index (κ1) is 15.1. The Morgan fingerprint density at radius 3 is 1.80 bits per heavy atom. The van der Waals surface area contributed by atoms with Crippen LogP contribution >= 0.6 is 0 Å². The fourth-order valence-corrected chi connectivity index (χ4v) is 2.75. The Morgan fingerprint density at radius 1 is 1.13 bits per heavy atom. The van der Waals surface area contributed by atoms with Gasteiger partial charge in [-0.15, -0.1) is 0 Å². The molecule has 4 nitrogen and oxygen atoms in total.